The van der Waals surface area contributed by atoms with E-state index in [9.17, 15) is 4.79 Å². The monoisotopic (exact) mass is 299 g/mol. The number of nitrogens with zero attached hydrogens (tertiary/aromatic N) is 2. The topological polar surface area (TPSA) is 56.1 Å². The van der Waals surface area contributed by atoms with Gasteiger partial charge in [0.05, 0.1) is 19.0 Å². The number of rotatable bonds is 8. The fraction of sp³-hybridized carbons (Fsp3) is 0.556. The lowest BCUT2D eigenvalue weighted by Gasteiger charge is -2.28. The molecule has 0 aromatic heterocycles. The highest BCUT2D eigenvalue weighted by Gasteiger charge is 2.23. The Bertz CT molecular complexity index is 489. The van der Waals surface area contributed by atoms with Gasteiger partial charge in [0.25, 0.3) is 0 Å². The highest BCUT2D eigenvalue weighted by Crippen LogP contribution is 2.23. The fourth-order valence-electron chi connectivity index (χ4n) is 3.08. The summed E-state index contributed by atoms with van der Waals surface area (Å²) in [4.78, 5) is 14.4. The van der Waals surface area contributed by atoms with E-state index in [1.165, 1.54) is 31.2 Å². The van der Waals surface area contributed by atoms with Crippen LogP contribution in [0.1, 0.15) is 37.7 Å². The third kappa shape index (κ3) is 5.50. The van der Waals surface area contributed by atoms with Crippen LogP contribution in [0, 0.1) is 11.3 Å². The Balaban J connectivity index is 1.85. The molecule has 0 radical (unpaired) electrons. The average molecular weight is 299 g/mol. The molecule has 0 heterocycles. The maximum atomic E-state index is 12.0. The molecule has 0 bridgehead atoms. The molecule has 1 N–H and O–H groups in total. The first-order chi connectivity index (χ1) is 10.8. The number of benzene rings is 1. The lowest BCUT2D eigenvalue weighted by Crippen LogP contribution is -2.43. The van der Waals surface area contributed by atoms with Crippen LogP contribution in [0.15, 0.2) is 30.3 Å². The third-order valence-electron chi connectivity index (χ3n) is 4.28. The summed E-state index contributed by atoms with van der Waals surface area (Å²) in [5.41, 5.74) is 1.32. The molecular weight excluding hydrogens is 274 g/mol. The van der Waals surface area contributed by atoms with Crippen LogP contribution in [0.5, 0.6) is 0 Å². The minimum Gasteiger partial charge on any atom is -0.354 e. The van der Waals surface area contributed by atoms with Gasteiger partial charge in [0.2, 0.25) is 5.91 Å². The highest BCUT2D eigenvalue weighted by atomic mass is 16.2. The number of carbonyl (C=O) groups is 1. The first kappa shape index (κ1) is 16.5. The van der Waals surface area contributed by atoms with Crippen LogP contribution in [0.25, 0.3) is 0 Å². The van der Waals surface area contributed by atoms with E-state index in [2.05, 4.69) is 34.5 Å². The first-order valence-electron chi connectivity index (χ1n) is 8.21. The van der Waals surface area contributed by atoms with Crippen LogP contribution in [-0.4, -0.2) is 36.5 Å². The van der Waals surface area contributed by atoms with Crippen molar-refractivity contribution in [2.75, 3.05) is 19.6 Å². The van der Waals surface area contributed by atoms with Crippen molar-refractivity contribution in [3.05, 3.63) is 35.9 Å². The van der Waals surface area contributed by atoms with Crippen molar-refractivity contribution in [2.24, 2.45) is 0 Å². The summed E-state index contributed by atoms with van der Waals surface area (Å²) in [6.45, 7) is 1.82. The number of nitriles is 1. The van der Waals surface area contributed by atoms with Gasteiger partial charge in [0, 0.05) is 19.1 Å². The van der Waals surface area contributed by atoms with E-state index in [1.807, 2.05) is 12.1 Å². The van der Waals surface area contributed by atoms with Crippen molar-refractivity contribution in [3.8, 4) is 6.07 Å². The van der Waals surface area contributed by atoms with Crippen LogP contribution < -0.4 is 5.32 Å². The van der Waals surface area contributed by atoms with Gasteiger partial charge in [-0.1, -0.05) is 43.2 Å². The predicted molar refractivity (Wildman–Crippen MR) is 87.2 cm³/mol. The molecule has 1 saturated carbocycles. The van der Waals surface area contributed by atoms with E-state index in [0.717, 1.165) is 13.0 Å². The molecule has 1 aliphatic rings. The summed E-state index contributed by atoms with van der Waals surface area (Å²) in [7, 11) is 0. The van der Waals surface area contributed by atoms with E-state index in [0.29, 0.717) is 25.6 Å². The zero-order valence-corrected chi connectivity index (χ0v) is 13.1. The molecule has 118 valence electrons. The molecule has 2 rings (SSSR count). The SMILES string of the molecule is N#CCCNC(=O)CN(CCc1ccccc1)C1CCCC1. The second kappa shape index (κ2) is 9.22. The average Bonchev–Trinajstić information content (AvgIpc) is 3.07. The lowest BCUT2D eigenvalue weighted by molar-refractivity contribution is -0.122. The van der Waals surface area contributed by atoms with E-state index < -0.39 is 0 Å². The number of amides is 1. The summed E-state index contributed by atoms with van der Waals surface area (Å²) >= 11 is 0. The highest BCUT2D eigenvalue weighted by molar-refractivity contribution is 5.78. The zero-order valence-electron chi connectivity index (χ0n) is 13.1. The second-order valence-electron chi connectivity index (χ2n) is 5.90. The molecule has 4 heteroatoms. The zero-order chi connectivity index (χ0) is 15.6. The number of hydrogen-bond acceptors (Lipinski definition) is 3. The van der Waals surface area contributed by atoms with Gasteiger partial charge in [0.15, 0.2) is 0 Å². The Morgan fingerprint density at radius 3 is 2.68 bits per heavy atom. The van der Waals surface area contributed by atoms with Crippen LogP contribution in [0.3, 0.4) is 0 Å². The van der Waals surface area contributed by atoms with Gasteiger partial charge >= 0.3 is 0 Å². The summed E-state index contributed by atoms with van der Waals surface area (Å²) in [6.07, 6.45) is 6.27. The van der Waals surface area contributed by atoms with Crippen molar-refractivity contribution in [1.82, 2.24) is 10.2 Å². The standard InChI is InChI=1S/C18H25N3O/c19-12-6-13-20-18(22)15-21(17-9-4-5-10-17)14-11-16-7-2-1-3-8-16/h1-3,7-8,17H,4-6,9-11,13-15H2,(H,20,22). The summed E-state index contributed by atoms with van der Waals surface area (Å²) in [5, 5.41) is 11.4. The molecule has 0 saturated heterocycles. The van der Waals surface area contributed by atoms with Crippen molar-refractivity contribution < 1.29 is 4.79 Å². The summed E-state index contributed by atoms with van der Waals surface area (Å²) < 4.78 is 0. The van der Waals surface area contributed by atoms with Gasteiger partial charge in [-0.25, -0.2) is 0 Å². The van der Waals surface area contributed by atoms with Crippen molar-refractivity contribution in [1.29, 1.82) is 5.26 Å². The molecule has 1 amide bonds. The van der Waals surface area contributed by atoms with E-state index in [4.69, 9.17) is 5.26 Å². The summed E-state index contributed by atoms with van der Waals surface area (Å²) in [6, 6.07) is 13.0. The molecule has 4 nitrogen and oxygen atoms in total. The molecule has 1 aromatic rings. The molecule has 22 heavy (non-hydrogen) atoms. The quantitative estimate of drug-likeness (QED) is 0.750. The first-order valence-corrected chi connectivity index (χ1v) is 8.21. The van der Waals surface area contributed by atoms with Gasteiger partial charge in [-0.15, -0.1) is 0 Å². The lowest BCUT2D eigenvalue weighted by atomic mass is 10.1. The molecule has 1 aromatic carbocycles. The number of hydrogen-bond donors (Lipinski definition) is 1. The second-order valence-corrected chi connectivity index (χ2v) is 5.90. The molecule has 0 unspecified atom stereocenters. The van der Waals surface area contributed by atoms with Gasteiger partial charge in [-0.05, 0) is 24.8 Å². The minimum atomic E-state index is 0.0372. The molecule has 0 spiro atoms. The Morgan fingerprint density at radius 1 is 1.27 bits per heavy atom. The van der Waals surface area contributed by atoms with E-state index in [-0.39, 0.29) is 5.91 Å². The van der Waals surface area contributed by atoms with Gasteiger partial charge in [-0.2, -0.15) is 5.26 Å². The van der Waals surface area contributed by atoms with Crippen molar-refractivity contribution >= 4 is 5.91 Å². The van der Waals surface area contributed by atoms with Crippen molar-refractivity contribution in [3.63, 3.8) is 0 Å². The van der Waals surface area contributed by atoms with Crippen LogP contribution in [0.2, 0.25) is 0 Å². The molecule has 0 atom stereocenters. The third-order valence-corrected chi connectivity index (χ3v) is 4.28. The van der Waals surface area contributed by atoms with Crippen LogP contribution >= 0.6 is 0 Å². The van der Waals surface area contributed by atoms with E-state index in [1.54, 1.807) is 0 Å². The Morgan fingerprint density at radius 2 is 2.00 bits per heavy atom. The smallest absolute Gasteiger partial charge is 0.234 e. The fourth-order valence-corrected chi connectivity index (χ4v) is 3.08. The summed E-state index contributed by atoms with van der Waals surface area (Å²) in [5.74, 6) is 0.0372. The predicted octanol–water partition coefficient (Wildman–Crippen LogP) is 2.50. The van der Waals surface area contributed by atoms with Gasteiger partial charge in [0.1, 0.15) is 0 Å². The largest absolute Gasteiger partial charge is 0.354 e. The van der Waals surface area contributed by atoms with Gasteiger partial charge in [-0.3, -0.25) is 9.69 Å². The Hall–Kier alpha value is -1.86. The van der Waals surface area contributed by atoms with Crippen LogP contribution in [-0.2, 0) is 11.2 Å². The van der Waals surface area contributed by atoms with Gasteiger partial charge < -0.3 is 5.32 Å². The number of carbonyl (C=O) groups excluding carboxylic acids is 1. The normalized spacial score (nSPS) is 14.9. The van der Waals surface area contributed by atoms with E-state index >= 15 is 0 Å². The minimum absolute atomic E-state index is 0.0372. The molecule has 1 aliphatic carbocycles. The Labute approximate surface area is 133 Å². The maximum absolute atomic E-state index is 12.0. The Kier molecular flexibility index (Phi) is 6.92. The maximum Gasteiger partial charge on any atom is 0.234 e. The number of nitrogens with one attached hydrogen (secondary N) is 1. The molecule has 0 aliphatic heterocycles. The van der Waals surface area contributed by atoms with Crippen LogP contribution in [0.4, 0.5) is 0 Å². The molecule has 1 fully saturated rings. The molecular formula is C18H25N3O. The van der Waals surface area contributed by atoms with Crippen molar-refractivity contribution in [2.45, 2.75) is 44.6 Å².